The second kappa shape index (κ2) is 5.81. The van der Waals surface area contributed by atoms with Crippen molar-refractivity contribution < 1.29 is 5.11 Å². The lowest BCUT2D eigenvalue weighted by Crippen LogP contribution is -2.17. The van der Waals surface area contributed by atoms with Gasteiger partial charge in [0.25, 0.3) is 5.56 Å². The number of nitrogens with zero attached hydrogens (tertiary/aromatic N) is 2. The topological polar surface area (TPSA) is 47.2 Å². The van der Waals surface area contributed by atoms with Crippen LogP contribution in [0.25, 0.3) is 22.3 Å². The molecule has 0 fully saturated rings. The van der Waals surface area contributed by atoms with Crippen LogP contribution in [0.3, 0.4) is 0 Å². The summed E-state index contributed by atoms with van der Waals surface area (Å²) >= 11 is 6.55. The third-order valence-corrected chi connectivity index (χ3v) is 5.17. The zero-order valence-corrected chi connectivity index (χ0v) is 15.0. The Labute approximate surface area is 150 Å². The van der Waals surface area contributed by atoms with Crippen molar-refractivity contribution in [3.05, 3.63) is 62.9 Å². The molecular formula is C20H19ClN2O2. The molecule has 0 saturated heterocycles. The zero-order valence-electron chi connectivity index (χ0n) is 14.2. The van der Waals surface area contributed by atoms with Crippen LogP contribution in [0.1, 0.15) is 17.5 Å². The quantitative estimate of drug-likeness (QED) is 0.743. The van der Waals surface area contributed by atoms with E-state index in [1.54, 1.807) is 9.36 Å². The van der Waals surface area contributed by atoms with Crippen LogP contribution in [0.5, 0.6) is 5.88 Å². The highest BCUT2D eigenvalue weighted by Crippen LogP contribution is 2.38. The van der Waals surface area contributed by atoms with Crippen molar-refractivity contribution in [2.24, 2.45) is 0 Å². The van der Waals surface area contributed by atoms with E-state index >= 15 is 0 Å². The predicted molar refractivity (Wildman–Crippen MR) is 100 cm³/mol. The summed E-state index contributed by atoms with van der Waals surface area (Å²) in [6.45, 7) is 5.25. The van der Waals surface area contributed by atoms with Gasteiger partial charge in [-0.05, 0) is 43.0 Å². The van der Waals surface area contributed by atoms with Crippen molar-refractivity contribution in [2.45, 2.75) is 33.4 Å². The molecule has 4 nitrogen and oxygen atoms in total. The Balaban J connectivity index is 1.88. The van der Waals surface area contributed by atoms with Crippen molar-refractivity contribution in [1.82, 2.24) is 9.36 Å². The van der Waals surface area contributed by atoms with E-state index in [1.807, 2.05) is 26.0 Å². The van der Waals surface area contributed by atoms with Gasteiger partial charge in [0.1, 0.15) is 5.56 Å². The highest BCUT2D eigenvalue weighted by molar-refractivity contribution is 6.34. The van der Waals surface area contributed by atoms with E-state index in [0.29, 0.717) is 29.2 Å². The molecule has 0 radical (unpaired) electrons. The molecule has 1 aliphatic rings. The number of aryl methyl sites for hydroxylation is 2. The first-order valence-corrected chi connectivity index (χ1v) is 8.75. The summed E-state index contributed by atoms with van der Waals surface area (Å²) in [7, 11) is 0. The molecule has 25 heavy (non-hydrogen) atoms. The van der Waals surface area contributed by atoms with E-state index in [1.165, 1.54) is 5.56 Å². The maximum absolute atomic E-state index is 12.7. The fourth-order valence-electron chi connectivity index (χ4n) is 3.59. The molecule has 0 aliphatic carbocycles. The molecule has 128 valence electrons. The molecule has 0 amide bonds. The largest absolute Gasteiger partial charge is 0.493 e. The Bertz CT molecular complexity index is 1010. The Morgan fingerprint density at radius 1 is 0.960 bits per heavy atom. The highest BCUT2D eigenvalue weighted by atomic mass is 35.5. The molecule has 0 saturated carbocycles. The van der Waals surface area contributed by atoms with Crippen LogP contribution in [-0.2, 0) is 13.1 Å². The third kappa shape index (κ3) is 2.48. The van der Waals surface area contributed by atoms with Crippen molar-refractivity contribution >= 4 is 11.6 Å². The van der Waals surface area contributed by atoms with Gasteiger partial charge in [-0.1, -0.05) is 47.5 Å². The van der Waals surface area contributed by atoms with Crippen molar-refractivity contribution in [3.63, 3.8) is 0 Å². The van der Waals surface area contributed by atoms with Crippen molar-refractivity contribution in [2.75, 3.05) is 0 Å². The summed E-state index contributed by atoms with van der Waals surface area (Å²) in [5, 5.41) is 11.0. The smallest absolute Gasteiger partial charge is 0.278 e. The van der Waals surface area contributed by atoms with Crippen molar-refractivity contribution in [3.8, 4) is 28.1 Å². The van der Waals surface area contributed by atoms with Crippen molar-refractivity contribution in [1.29, 1.82) is 0 Å². The van der Waals surface area contributed by atoms with Crippen LogP contribution in [0, 0.1) is 13.8 Å². The molecular weight excluding hydrogens is 336 g/mol. The first kappa shape index (κ1) is 16.0. The number of hydrogen-bond acceptors (Lipinski definition) is 2. The summed E-state index contributed by atoms with van der Waals surface area (Å²) in [6, 6.07) is 12.1. The molecule has 5 heteroatoms. The molecule has 1 aromatic heterocycles. The maximum Gasteiger partial charge on any atom is 0.278 e. The number of benzene rings is 2. The van der Waals surface area contributed by atoms with Gasteiger partial charge in [-0.15, -0.1) is 0 Å². The van der Waals surface area contributed by atoms with Crippen LogP contribution < -0.4 is 5.56 Å². The van der Waals surface area contributed by atoms with Gasteiger partial charge >= 0.3 is 0 Å². The number of halogens is 1. The van der Waals surface area contributed by atoms with Gasteiger partial charge in [-0.2, -0.15) is 0 Å². The lowest BCUT2D eigenvalue weighted by atomic mass is 9.96. The summed E-state index contributed by atoms with van der Waals surface area (Å²) in [4.78, 5) is 12.7. The average Bonchev–Trinajstić information content (AvgIpc) is 3.14. The minimum atomic E-state index is -0.178. The minimum absolute atomic E-state index is 0.00980. The zero-order chi connectivity index (χ0) is 17.7. The molecule has 4 rings (SSSR count). The normalized spacial score (nSPS) is 13.2. The van der Waals surface area contributed by atoms with E-state index in [0.717, 1.165) is 23.1 Å². The van der Waals surface area contributed by atoms with E-state index in [-0.39, 0.29) is 11.4 Å². The van der Waals surface area contributed by atoms with E-state index in [4.69, 9.17) is 11.6 Å². The SMILES string of the molecule is Cc1ccc(-c2cc(C)c(-c3c(O)n4n(c3=O)CCC4)c(Cl)c2)cc1. The fourth-order valence-corrected chi connectivity index (χ4v) is 3.95. The first-order chi connectivity index (χ1) is 12.0. The lowest BCUT2D eigenvalue weighted by molar-refractivity contribution is 0.399. The van der Waals surface area contributed by atoms with Gasteiger partial charge in [0, 0.05) is 23.7 Å². The van der Waals surface area contributed by atoms with Crippen LogP contribution in [-0.4, -0.2) is 14.5 Å². The molecule has 0 unspecified atom stereocenters. The minimum Gasteiger partial charge on any atom is -0.493 e. The van der Waals surface area contributed by atoms with Gasteiger partial charge in [-0.3, -0.25) is 9.48 Å². The Kier molecular flexibility index (Phi) is 3.73. The van der Waals surface area contributed by atoms with E-state index in [9.17, 15) is 9.90 Å². The standard InChI is InChI=1S/C20H19ClN2O2/c1-12-4-6-14(7-5-12)15-10-13(2)17(16(21)11-15)18-19(24)22-8-3-9-23(22)20(18)25/h4-7,10-11,24H,3,8-9H2,1-2H3. The van der Waals surface area contributed by atoms with Crippen LogP contribution in [0.2, 0.25) is 5.02 Å². The van der Waals surface area contributed by atoms with Gasteiger partial charge in [0.05, 0.1) is 0 Å². The second-order valence-corrected chi connectivity index (χ2v) is 7.03. The molecule has 0 bridgehead atoms. The molecule has 0 atom stereocenters. The Hall–Kier alpha value is -2.46. The first-order valence-electron chi connectivity index (χ1n) is 8.37. The Morgan fingerprint density at radius 2 is 1.64 bits per heavy atom. The van der Waals surface area contributed by atoms with Crippen LogP contribution >= 0.6 is 11.6 Å². The van der Waals surface area contributed by atoms with Gasteiger partial charge < -0.3 is 5.11 Å². The molecule has 3 aromatic rings. The van der Waals surface area contributed by atoms with Gasteiger partial charge in [0.2, 0.25) is 5.88 Å². The van der Waals surface area contributed by atoms with E-state index in [2.05, 4.69) is 24.3 Å². The lowest BCUT2D eigenvalue weighted by Gasteiger charge is -2.11. The summed E-state index contributed by atoms with van der Waals surface area (Å²) in [5.41, 5.74) is 4.89. The number of aromatic hydroxyl groups is 1. The van der Waals surface area contributed by atoms with Crippen LogP contribution in [0.4, 0.5) is 0 Å². The number of rotatable bonds is 2. The molecule has 1 N–H and O–H groups in total. The average molecular weight is 355 g/mol. The predicted octanol–water partition coefficient (Wildman–Crippen LogP) is 4.36. The molecule has 1 aliphatic heterocycles. The van der Waals surface area contributed by atoms with Gasteiger partial charge in [0.15, 0.2) is 0 Å². The van der Waals surface area contributed by atoms with Crippen LogP contribution in [0.15, 0.2) is 41.2 Å². The maximum atomic E-state index is 12.7. The summed E-state index contributed by atoms with van der Waals surface area (Å²) < 4.78 is 3.23. The number of hydrogen-bond donors (Lipinski definition) is 1. The molecule has 2 heterocycles. The number of aromatic nitrogens is 2. The fraction of sp³-hybridized carbons (Fsp3) is 0.250. The third-order valence-electron chi connectivity index (χ3n) is 4.87. The number of fused-ring (bicyclic) bond motifs is 1. The summed E-state index contributed by atoms with van der Waals surface area (Å²) in [5.74, 6) is 0.00980. The van der Waals surface area contributed by atoms with E-state index < -0.39 is 0 Å². The summed E-state index contributed by atoms with van der Waals surface area (Å²) in [6.07, 6.45) is 0.863. The molecule has 2 aromatic carbocycles. The Morgan fingerprint density at radius 3 is 2.28 bits per heavy atom. The second-order valence-electron chi connectivity index (χ2n) is 6.62. The highest BCUT2D eigenvalue weighted by Gasteiger charge is 2.26. The monoisotopic (exact) mass is 354 g/mol. The van der Waals surface area contributed by atoms with Gasteiger partial charge in [-0.25, -0.2) is 4.68 Å². The molecule has 0 spiro atoms.